The normalized spacial score (nSPS) is 14.2. The second-order valence-electron chi connectivity index (χ2n) is 5.44. The lowest BCUT2D eigenvalue weighted by molar-refractivity contribution is 0.411. The first-order chi connectivity index (χ1) is 10.6. The van der Waals surface area contributed by atoms with Crippen LogP contribution in [0.15, 0.2) is 24.3 Å². The van der Waals surface area contributed by atoms with E-state index in [4.69, 9.17) is 10.5 Å². The van der Waals surface area contributed by atoms with Crippen molar-refractivity contribution >= 4 is 5.82 Å². The van der Waals surface area contributed by atoms with Crippen molar-refractivity contribution in [1.82, 2.24) is 4.98 Å². The first-order valence-electron chi connectivity index (χ1n) is 7.18. The van der Waals surface area contributed by atoms with Gasteiger partial charge in [0.2, 0.25) is 0 Å². The van der Waals surface area contributed by atoms with Crippen molar-refractivity contribution in [2.75, 3.05) is 12.8 Å². The third kappa shape index (κ3) is 2.37. The predicted molar refractivity (Wildman–Crippen MR) is 81.9 cm³/mol. The zero-order chi connectivity index (χ0) is 15.7. The maximum atomic E-state index is 13.7. The van der Waals surface area contributed by atoms with Crippen LogP contribution in [0.5, 0.6) is 5.75 Å². The molecule has 2 aromatic rings. The van der Waals surface area contributed by atoms with Crippen molar-refractivity contribution in [3.8, 4) is 22.9 Å². The molecular formula is C17H16FN3O. The molecule has 0 radical (unpaired) electrons. The average Bonchev–Trinajstić information content (AvgIpc) is 2.45. The van der Waals surface area contributed by atoms with Gasteiger partial charge in [-0.25, -0.2) is 9.37 Å². The maximum Gasteiger partial charge on any atom is 0.142 e. The van der Waals surface area contributed by atoms with Crippen LogP contribution in [-0.2, 0) is 0 Å². The van der Waals surface area contributed by atoms with Crippen LogP contribution in [0.3, 0.4) is 0 Å². The highest BCUT2D eigenvalue weighted by Crippen LogP contribution is 2.40. The Labute approximate surface area is 128 Å². The minimum atomic E-state index is -0.389. The number of halogens is 1. The van der Waals surface area contributed by atoms with E-state index in [1.165, 1.54) is 25.7 Å². The van der Waals surface area contributed by atoms with Crippen molar-refractivity contribution in [2.24, 2.45) is 0 Å². The summed E-state index contributed by atoms with van der Waals surface area (Å²) in [5, 5.41) is 9.39. The fourth-order valence-corrected chi connectivity index (χ4v) is 2.72. The van der Waals surface area contributed by atoms with Crippen LogP contribution in [0.4, 0.5) is 10.2 Å². The molecule has 0 amide bonds. The number of nitrogen functional groups attached to an aromatic ring is 1. The van der Waals surface area contributed by atoms with Crippen molar-refractivity contribution in [3.63, 3.8) is 0 Å². The summed E-state index contributed by atoms with van der Waals surface area (Å²) in [5.74, 6) is 0.671. The fraction of sp³-hybridized carbons (Fsp3) is 0.294. The number of anilines is 1. The Bertz CT molecular complexity index is 763. The number of nitrogens with zero attached hydrogens (tertiary/aromatic N) is 2. The number of methoxy groups -OCH3 is 1. The van der Waals surface area contributed by atoms with E-state index in [1.807, 2.05) is 6.07 Å². The van der Waals surface area contributed by atoms with Gasteiger partial charge >= 0.3 is 0 Å². The Hall–Kier alpha value is -2.61. The van der Waals surface area contributed by atoms with Gasteiger partial charge in [-0.05, 0) is 37.1 Å². The lowest BCUT2D eigenvalue weighted by Gasteiger charge is -2.26. The van der Waals surface area contributed by atoms with Gasteiger partial charge in [0.15, 0.2) is 0 Å². The van der Waals surface area contributed by atoms with Crippen LogP contribution in [0.2, 0.25) is 0 Å². The Balaban J connectivity index is 2.22. The number of pyridine rings is 1. The van der Waals surface area contributed by atoms with E-state index in [-0.39, 0.29) is 17.2 Å². The molecule has 0 unspecified atom stereocenters. The summed E-state index contributed by atoms with van der Waals surface area (Å²) in [4.78, 5) is 4.35. The molecule has 5 heteroatoms. The molecule has 0 aliphatic heterocycles. The van der Waals surface area contributed by atoms with Gasteiger partial charge in [-0.15, -0.1) is 0 Å². The number of benzene rings is 1. The summed E-state index contributed by atoms with van der Waals surface area (Å²) in [6.07, 6.45) is 3.31. The summed E-state index contributed by atoms with van der Waals surface area (Å²) in [6.45, 7) is 0. The number of hydrogen-bond donors (Lipinski definition) is 1. The number of aromatic nitrogens is 1. The van der Waals surface area contributed by atoms with Gasteiger partial charge in [0.1, 0.15) is 29.0 Å². The smallest absolute Gasteiger partial charge is 0.142 e. The quantitative estimate of drug-likeness (QED) is 0.939. The van der Waals surface area contributed by atoms with Gasteiger partial charge in [-0.3, -0.25) is 0 Å². The van der Waals surface area contributed by atoms with E-state index in [9.17, 15) is 9.65 Å². The molecule has 3 rings (SSSR count). The molecule has 1 aromatic heterocycles. The zero-order valence-corrected chi connectivity index (χ0v) is 12.3. The molecule has 0 saturated heterocycles. The number of hydrogen-bond acceptors (Lipinski definition) is 4. The van der Waals surface area contributed by atoms with Crippen molar-refractivity contribution in [2.45, 2.75) is 25.2 Å². The summed E-state index contributed by atoms with van der Waals surface area (Å²) in [7, 11) is 1.51. The van der Waals surface area contributed by atoms with Gasteiger partial charge in [0, 0.05) is 22.7 Å². The minimum Gasteiger partial charge on any atom is -0.496 e. The third-order valence-electron chi connectivity index (χ3n) is 4.15. The predicted octanol–water partition coefficient (Wildman–Crippen LogP) is 3.62. The van der Waals surface area contributed by atoms with Crippen molar-refractivity contribution in [3.05, 3.63) is 41.3 Å². The zero-order valence-electron chi connectivity index (χ0n) is 12.3. The summed E-state index contributed by atoms with van der Waals surface area (Å²) in [6, 6.07) is 8.15. The first-order valence-corrected chi connectivity index (χ1v) is 7.18. The maximum absolute atomic E-state index is 13.7. The molecule has 4 nitrogen and oxygen atoms in total. The van der Waals surface area contributed by atoms with Crippen LogP contribution >= 0.6 is 0 Å². The summed E-state index contributed by atoms with van der Waals surface area (Å²) < 4.78 is 19.0. The van der Waals surface area contributed by atoms with Crippen LogP contribution in [0.25, 0.3) is 11.1 Å². The monoisotopic (exact) mass is 297 g/mol. The molecule has 112 valence electrons. The van der Waals surface area contributed by atoms with Crippen molar-refractivity contribution < 1.29 is 9.13 Å². The molecule has 1 fully saturated rings. The van der Waals surface area contributed by atoms with E-state index in [0.29, 0.717) is 22.8 Å². The number of nitriles is 1. The topological polar surface area (TPSA) is 71.9 Å². The highest BCUT2D eigenvalue weighted by molar-refractivity contribution is 5.79. The minimum absolute atomic E-state index is 0.188. The van der Waals surface area contributed by atoms with E-state index in [1.54, 1.807) is 6.07 Å². The van der Waals surface area contributed by atoms with E-state index < -0.39 is 0 Å². The summed E-state index contributed by atoms with van der Waals surface area (Å²) in [5.41, 5.74) is 8.17. The highest BCUT2D eigenvalue weighted by atomic mass is 19.1. The Morgan fingerprint density at radius 1 is 1.32 bits per heavy atom. The molecule has 1 saturated carbocycles. The molecular weight excluding hydrogens is 281 g/mol. The summed E-state index contributed by atoms with van der Waals surface area (Å²) >= 11 is 0. The molecule has 1 aliphatic carbocycles. The van der Waals surface area contributed by atoms with E-state index in [0.717, 1.165) is 18.5 Å². The molecule has 22 heavy (non-hydrogen) atoms. The second kappa shape index (κ2) is 5.64. The van der Waals surface area contributed by atoms with Gasteiger partial charge in [-0.1, -0.05) is 6.42 Å². The van der Waals surface area contributed by atoms with Gasteiger partial charge in [-0.2, -0.15) is 5.26 Å². The third-order valence-corrected chi connectivity index (χ3v) is 4.15. The van der Waals surface area contributed by atoms with Crippen molar-refractivity contribution in [1.29, 1.82) is 5.26 Å². The average molecular weight is 297 g/mol. The Kier molecular flexibility index (Phi) is 3.68. The largest absolute Gasteiger partial charge is 0.496 e. The second-order valence-corrected chi connectivity index (χ2v) is 5.44. The van der Waals surface area contributed by atoms with E-state index in [2.05, 4.69) is 11.1 Å². The van der Waals surface area contributed by atoms with Crippen LogP contribution < -0.4 is 10.5 Å². The molecule has 1 heterocycles. The highest BCUT2D eigenvalue weighted by Gasteiger charge is 2.24. The number of ether oxygens (including phenoxy) is 1. The molecule has 0 bridgehead atoms. The lowest BCUT2D eigenvalue weighted by atomic mass is 9.81. The van der Waals surface area contributed by atoms with Crippen LogP contribution in [-0.4, -0.2) is 12.1 Å². The molecule has 1 aliphatic rings. The Morgan fingerprint density at radius 2 is 2.09 bits per heavy atom. The lowest BCUT2D eigenvalue weighted by Crippen LogP contribution is -2.12. The Morgan fingerprint density at radius 3 is 2.68 bits per heavy atom. The molecule has 2 N–H and O–H groups in total. The SMILES string of the molecule is COc1ccc(F)cc1-c1cc(C2CCC2)nc(N)c1C#N. The standard InChI is InChI=1S/C17H16FN3O/c1-22-16-6-5-11(18)7-13(16)12-8-15(10-3-2-4-10)21-17(20)14(12)9-19/h5-8,10H,2-4H2,1H3,(H2,20,21). The number of nitrogens with two attached hydrogens (primary N) is 1. The van der Waals surface area contributed by atoms with Crippen LogP contribution in [0, 0.1) is 17.1 Å². The van der Waals surface area contributed by atoms with Gasteiger partial charge < -0.3 is 10.5 Å². The number of rotatable bonds is 3. The van der Waals surface area contributed by atoms with Gasteiger partial charge in [0.25, 0.3) is 0 Å². The molecule has 0 atom stereocenters. The molecule has 0 spiro atoms. The first kappa shape index (κ1) is 14.3. The van der Waals surface area contributed by atoms with E-state index >= 15 is 0 Å². The van der Waals surface area contributed by atoms with Gasteiger partial charge in [0.05, 0.1) is 7.11 Å². The molecule has 1 aromatic carbocycles. The fourth-order valence-electron chi connectivity index (χ4n) is 2.72. The van der Waals surface area contributed by atoms with Crippen LogP contribution in [0.1, 0.15) is 36.4 Å².